The number of hydrogen-bond acceptors (Lipinski definition) is 6. The van der Waals surface area contributed by atoms with Gasteiger partial charge in [-0.05, 0) is 33.3 Å². The third-order valence-corrected chi connectivity index (χ3v) is 6.87. The molecule has 44 heavy (non-hydrogen) atoms. The lowest BCUT2D eigenvalue weighted by atomic mass is 9.99. The van der Waals surface area contributed by atoms with Crippen molar-refractivity contribution in [1.29, 1.82) is 0 Å². The number of benzene rings is 4. The number of ether oxygens (including phenoxy) is 4. The predicted octanol–water partition coefficient (Wildman–Crippen LogP) is 7.95. The summed E-state index contributed by atoms with van der Waals surface area (Å²) >= 11 is 0. The van der Waals surface area contributed by atoms with Gasteiger partial charge in [0.1, 0.15) is 6.10 Å². The van der Waals surface area contributed by atoms with E-state index >= 15 is 0 Å². The van der Waals surface area contributed by atoms with E-state index in [1.165, 1.54) is 0 Å². The van der Waals surface area contributed by atoms with E-state index in [1.54, 1.807) is 0 Å². The summed E-state index contributed by atoms with van der Waals surface area (Å²) in [5.74, 6) is 0. The van der Waals surface area contributed by atoms with Crippen LogP contribution in [-0.2, 0) is 45.4 Å². The van der Waals surface area contributed by atoms with Crippen molar-refractivity contribution in [3.63, 3.8) is 0 Å². The third kappa shape index (κ3) is 10.9. The van der Waals surface area contributed by atoms with Crippen LogP contribution >= 0.6 is 0 Å². The molecule has 0 aliphatic rings. The van der Waals surface area contributed by atoms with Gasteiger partial charge in [0.05, 0.1) is 57.8 Å². The van der Waals surface area contributed by atoms with Gasteiger partial charge < -0.3 is 18.9 Å². The Morgan fingerprint density at radius 1 is 0.500 bits per heavy atom. The summed E-state index contributed by atoms with van der Waals surface area (Å²) in [4.78, 5) is 6.17. The summed E-state index contributed by atoms with van der Waals surface area (Å²) < 4.78 is 25.0. The second-order valence-electron chi connectivity index (χ2n) is 10.1. The molecule has 226 valence electrons. The number of nitrogens with zero attached hydrogens (tertiary/aromatic N) is 6. The van der Waals surface area contributed by atoms with E-state index in [0.717, 1.165) is 22.3 Å². The molecule has 0 spiro atoms. The molecule has 0 saturated heterocycles. The van der Waals surface area contributed by atoms with Crippen LogP contribution in [0.2, 0.25) is 0 Å². The smallest absolute Gasteiger partial charge is 0.108 e. The lowest BCUT2D eigenvalue weighted by Gasteiger charge is -2.34. The van der Waals surface area contributed by atoms with Crippen LogP contribution in [0.3, 0.4) is 0 Å². The molecular weight excluding hydrogens is 556 g/mol. The minimum Gasteiger partial charge on any atom is -0.376 e. The standard InChI is InChI=1S/C34H36N6O4/c35-39-37-31(25-41-21-27-13-5-1-6-14-27)33(38-40-36)34(44-24-30-19-11-4-12-20-30)32(43-23-29-17-9-3-10-18-29)26-42-22-28-15-7-2-8-16-28/h1-20,31-34H,21-26H2/t31-,32+,33+,34+/m0/s1. The van der Waals surface area contributed by atoms with Gasteiger partial charge in [-0.1, -0.05) is 132 Å². The summed E-state index contributed by atoms with van der Waals surface area (Å²) in [6.45, 7) is 1.26. The first-order valence-electron chi connectivity index (χ1n) is 14.4. The monoisotopic (exact) mass is 592 g/mol. The zero-order valence-electron chi connectivity index (χ0n) is 24.4. The molecule has 0 amide bonds. The quantitative estimate of drug-likeness (QED) is 0.0620. The van der Waals surface area contributed by atoms with Gasteiger partial charge in [0.25, 0.3) is 0 Å². The van der Waals surface area contributed by atoms with Crippen molar-refractivity contribution in [1.82, 2.24) is 0 Å². The van der Waals surface area contributed by atoms with Crippen LogP contribution in [-0.4, -0.2) is 37.5 Å². The van der Waals surface area contributed by atoms with E-state index in [4.69, 9.17) is 18.9 Å². The van der Waals surface area contributed by atoms with Gasteiger partial charge in [-0.3, -0.25) is 0 Å². The van der Waals surface area contributed by atoms with E-state index in [1.807, 2.05) is 121 Å². The number of hydrogen-bond donors (Lipinski definition) is 0. The molecule has 4 atom stereocenters. The molecule has 0 aliphatic carbocycles. The van der Waals surface area contributed by atoms with Crippen molar-refractivity contribution in [3.05, 3.63) is 164 Å². The van der Waals surface area contributed by atoms with Crippen LogP contribution in [0.15, 0.2) is 132 Å². The van der Waals surface area contributed by atoms with Crippen molar-refractivity contribution in [2.75, 3.05) is 13.2 Å². The highest BCUT2D eigenvalue weighted by Gasteiger charge is 2.36. The lowest BCUT2D eigenvalue weighted by molar-refractivity contribution is -0.128. The van der Waals surface area contributed by atoms with Gasteiger partial charge in [-0.25, -0.2) is 0 Å². The fraction of sp³-hybridized carbons (Fsp3) is 0.294. The Hall–Kier alpha value is -4.66. The zero-order valence-corrected chi connectivity index (χ0v) is 24.4. The summed E-state index contributed by atoms with van der Waals surface area (Å²) in [6.07, 6.45) is -1.54. The second kappa shape index (κ2) is 18.8. The minimum absolute atomic E-state index is 0.00408. The maximum absolute atomic E-state index is 9.66. The van der Waals surface area contributed by atoms with Gasteiger partial charge >= 0.3 is 0 Å². The largest absolute Gasteiger partial charge is 0.376 e. The van der Waals surface area contributed by atoms with Crippen molar-refractivity contribution in [2.24, 2.45) is 10.2 Å². The minimum atomic E-state index is -0.962. The van der Waals surface area contributed by atoms with Crippen LogP contribution in [0.4, 0.5) is 0 Å². The maximum Gasteiger partial charge on any atom is 0.108 e. The number of rotatable bonds is 19. The summed E-state index contributed by atoms with van der Waals surface area (Å²) in [5.41, 5.74) is 23.0. The molecule has 10 heteroatoms. The van der Waals surface area contributed by atoms with Crippen LogP contribution in [0.5, 0.6) is 0 Å². The molecule has 4 aromatic carbocycles. The molecule has 0 N–H and O–H groups in total. The van der Waals surface area contributed by atoms with Crippen molar-refractivity contribution >= 4 is 0 Å². The fourth-order valence-electron chi connectivity index (χ4n) is 4.63. The molecule has 0 unspecified atom stereocenters. The summed E-state index contributed by atoms with van der Waals surface area (Å²) in [5, 5.41) is 8.09. The SMILES string of the molecule is [N-]=[N+]=N[C@@H]([C@H](OCc1ccccc1)[C@@H](COCc1ccccc1)OCc1ccccc1)[C@H](COCc1ccccc1)N=[N+]=[N-]. The molecule has 0 bridgehead atoms. The van der Waals surface area contributed by atoms with Crippen LogP contribution < -0.4 is 0 Å². The summed E-state index contributed by atoms with van der Waals surface area (Å²) in [6, 6.07) is 37.0. The highest BCUT2D eigenvalue weighted by Crippen LogP contribution is 2.23. The van der Waals surface area contributed by atoms with Crippen molar-refractivity contribution in [2.45, 2.75) is 50.7 Å². The van der Waals surface area contributed by atoms with E-state index in [0.29, 0.717) is 13.2 Å². The Kier molecular flexibility index (Phi) is 13.8. The Bertz CT molecular complexity index is 1450. The third-order valence-electron chi connectivity index (χ3n) is 6.87. The van der Waals surface area contributed by atoms with E-state index in [9.17, 15) is 11.1 Å². The molecule has 0 aliphatic heterocycles. The predicted molar refractivity (Wildman–Crippen MR) is 168 cm³/mol. The van der Waals surface area contributed by atoms with Gasteiger partial charge in [-0.15, -0.1) is 0 Å². The Labute approximate surface area is 257 Å². The van der Waals surface area contributed by atoms with Gasteiger partial charge in [0.15, 0.2) is 0 Å². The van der Waals surface area contributed by atoms with Crippen molar-refractivity contribution < 1.29 is 18.9 Å². The molecule has 0 fully saturated rings. The van der Waals surface area contributed by atoms with Gasteiger partial charge in [0.2, 0.25) is 0 Å². The van der Waals surface area contributed by atoms with E-state index in [2.05, 4.69) is 20.1 Å². The normalized spacial score (nSPS) is 13.5. The molecule has 0 radical (unpaired) electrons. The average Bonchev–Trinajstić information content (AvgIpc) is 3.08. The molecule has 10 nitrogen and oxygen atoms in total. The molecule has 4 rings (SSSR count). The molecule has 0 saturated carbocycles. The lowest BCUT2D eigenvalue weighted by Crippen LogP contribution is -2.48. The highest BCUT2D eigenvalue weighted by molar-refractivity contribution is 5.16. The molecular formula is C34H36N6O4. The van der Waals surface area contributed by atoms with Gasteiger partial charge in [0, 0.05) is 9.82 Å². The maximum atomic E-state index is 9.66. The highest BCUT2D eigenvalue weighted by atomic mass is 16.6. The average molecular weight is 593 g/mol. The van der Waals surface area contributed by atoms with Crippen LogP contribution in [0, 0.1) is 0 Å². The Balaban J connectivity index is 1.60. The van der Waals surface area contributed by atoms with Gasteiger partial charge in [-0.2, -0.15) is 0 Å². The molecule has 0 heterocycles. The summed E-state index contributed by atoms with van der Waals surface area (Å²) in [7, 11) is 0. The Morgan fingerprint density at radius 3 is 1.36 bits per heavy atom. The van der Waals surface area contributed by atoms with E-state index in [-0.39, 0.29) is 26.4 Å². The van der Waals surface area contributed by atoms with Crippen LogP contribution in [0.25, 0.3) is 20.9 Å². The first-order chi connectivity index (χ1) is 21.8. The number of azide groups is 2. The van der Waals surface area contributed by atoms with Crippen molar-refractivity contribution in [3.8, 4) is 0 Å². The first-order valence-corrected chi connectivity index (χ1v) is 14.4. The first kappa shape index (κ1) is 32.3. The topological polar surface area (TPSA) is 134 Å². The zero-order chi connectivity index (χ0) is 30.7. The van der Waals surface area contributed by atoms with Crippen LogP contribution in [0.1, 0.15) is 22.3 Å². The molecule has 4 aromatic rings. The molecule has 0 aromatic heterocycles. The van der Waals surface area contributed by atoms with E-state index < -0.39 is 24.3 Å². The fourth-order valence-corrected chi connectivity index (χ4v) is 4.63. The Morgan fingerprint density at radius 2 is 0.909 bits per heavy atom. The second-order valence-corrected chi connectivity index (χ2v) is 10.1.